The zero-order valence-electron chi connectivity index (χ0n) is 24.6. The van der Waals surface area contributed by atoms with Crippen molar-refractivity contribution in [2.24, 2.45) is 4.99 Å². The van der Waals surface area contributed by atoms with Crippen LogP contribution in [-0.4, -0.2) is 103 Å². The number of rotatable bonds is 6. The van der Waals surface area contributed by atoms with E-state index in [1.54, 1.807) is 18.2 Å². The fourth-order valence-corrected chi connectivity index (χ4v) is 6.60. The van der Waals surface area contributed by atoms with Gasteiger partial charge >= 0.3 is 6.09 Å². The lowest BCUT2D eigenvalue weighted by atomic mass is 9.85. The van der Waals surface area contributed by atoms with Crippen LogP contribution in [0.5, 0.6) is 0 Å². The molecule has 6 N–H and O–H groups in total. The molecule has 2 aromatic carbocycles. The summed E-state index contributed by atoms with van der Waals surface area (Å²) in [6.45, 7) is 2.74. The number of halogens is 3. The highest BCUT2D eigenvalue weighted by atomic mass is 35.6. The SMILES string of the molecule is C=C1NC2[C@H](CN3C(=O)CCC3=O)N=C(NC(=O)OCC(Cl)(Cl)Cl)N3CC(NC(=O)c4cccc(-c5ccccc5)c4)C(O)(O)C23N1. The van der Waals surface area contributed by atoms with Crippen LogP contribution in [-0.2, 0) is 14.3 Å². The molecule has 3 fully saturated rings. The Morgan fingerprint density at radius 1 is 1.06 bits per heavy atom. The van der Waals surface area contributed by atoms with Crippen LogP contribution in [0.25, 0.3) is 11.1 Å². The Kier molecular flexibility index (Phi) is 8.51. The maximum atomic E-state index is 13.6. The van der Waals surface area contributed by atoms with E-state index in [-0.39, 0.29) is 43.3 Å². The molecule has 6 rings (SSSR count). The van der Waals surface area contributed by atoms with Crippen LogP contribution in [0.1, 0.15) is 23.2 Å². The van der Waals surface area contributed by atoms with Crippen molar-refractivity contribution in [3.8, 4) is 11.1 Å². The van der Waals surface area contributed by atoms with Gasteiger partial charge in [-0.1, -0.05) is 83.8 Å². The molecule has 3 saturated heterocycles. The minimum atomic E-state index is -2.77. The maximum absolute atomic E-state index is 13.6. The van der Waals surface area contributed by atoms with Gasteiger partial charge < -0.3 is 35.8 Å². The highest BCUT2D eigenvalue weighted by molar-refractivity contribution is 6.67. The first kappa shape index (κ1) is 32.8. The van der Waals surface area contributed by atoms with E-state index in [1.807, 2.05) is 36.4 Å². The molecule has 47 heavy (non-hydrogen) atoms. The quantitative estimate of drug-likeness (QED) is 0.145. The number of amides is 4. The predicted octanol–water partition coefficient (Wildman–Crippen LogP) is 1.16. The van der Waals surface area contributed by atoms with E-state index in [9.17, 15) is 29.4 Å². The maximum Gasteiger partial charge on any atom is 0.414 e. The van der Waals surface area contributed by atoms with Gasteiger partial charge in [0, 0.05) is 24.9 Å². The fourth-order valence-electron chi connectivity index (χ4n) is 6.43. The number of alkyl halides is 3. The average Bonchev–Trinajstić information content (AvgIpc) is 3.63. The first-order valence-corrected chi connectivity index (χ1v) is 15.7. The molecule has 0 saturated carbocycles. The monoisotopic (exact) mass is 705 g/mol. The topological polar surface area (TPSA) is 185 Å². The minimum Gasteiger partial charge on any atom is -0.445 e. The van der Waals surface area contributed by atoms with Crippen LogP contribution >= 0.6 is 34.8 Å². The average molecular weight is 707 g/mol. The van der Waals surface area contributed by atoms with Crippen molar-refractivity contribution in [3.63, 3.8) is 0 Å². The first-order chi connectivity index (χ1) is 22.2. The summed E-state index contributed by atoms with van der Waals surface area (Å²) in [6, 6.07) is 12.8. The molecular weight excluding hydrogens is 677 g/mol. The van der Waals surface area contributed by atoms with Crippen LogP contribution in [0.3, 0.4) is 0 Å². The van der Waals surface area contributed by atoms with Gasteiger partial charge in [0.1, 0.15) is 12.6 Å². The molecule has 4 heterocycles. The third-order valence-corrected chi connectivity index (χ3v) is 8.86. The number of benzene rings is 2. The molecule has 17 heteroatoms. The number of carbonyl (C=O) groups excluding carboxylic acids is 4. The third-order valence-electron chi connectivity index (χ3n) is 8.53. The summed E-state index contributed by atoms with van der Waals surface area (Å²) >= 11 is 17.2. The number of guanidine groups is 1. The predicted molar refractivity (Wildman–Crippen MR) is 171 cm³/mol. The lowest BCUT2D eigenvalue weighted by Gasteiger charge is -2.49. The Labute approximate surface area is 283 Å². The standard InChI is InChI=1S/C30H30Cl3N7O7/c1-16-34-24-20(13-39-22(41)10-11-23(39)42)35-26(37-27(44)47-15-28(31,32)33)40-14-21(30(45,46)29(24,40)38-16)36-25(43)19-9-5-8-18(12-19)17-6-3-2-4-7-17/h2-9,12,20-21,24,34,38,45-46H,1,10-11,13-15H2,(H,36,43)(H,35,37,44)/t20-,21?,24?,29?/m0/s1. The third kappa shape index (κ3) is 6.07. The number of aliphatic hydroxyl groups is 2. The van der Waals surface area contributed by atoms with Crippen LogP contribution in [0, 0.1) is 0 Å². The van der Waals surface area contributed by atoms with Crippen molar-refractivity contribution in [1.82, 2.24) is 31.1 Å². The second kappa shape index (κ2) is 12.2. The normalized spacial score (nSPS) is 26.2. The van der Waals surface area contributed by atoms with Crippen molar-refractivity contribution in [1.29, 1.82) is 0 Å². The molecular formula is C30H30Cl3N7O7. The van der Waals surface area contributed by atoms with Crippen molar-refractivity contribution < 1.29 is 34.1 Å². The molecule has 0 bridgehead atoms. The van der Waals surface area contributed by atoms with Crippen LogP contribution < -0.4 is 21.3 Å². The van der Waals surface area contributed by atoms with Gasteiger partial charge in [-0.25, -0.2) is 9.79 Å². The lowest BCUT2D eigenvalue weighted by Crippen LogP contribution is -2.78. The van der Waals surface area contributed by atoms with E-state index in [2.05, 4.69) is 32.8 Å². The Bertz CT molecular complexity index is 1650. The highest BCUT2D eigenvalue weighted by Crippen LogP contribution is 2.45. The van der Waals surface area contributed by atoms with Crippen molar-refractivity contribution in [2.75, 3.05) is 19.7 Å². The molecule has 4 atom stereocenters. The van der Waals surface area contributed by atoms with E-state index in [4.69, 9.17) is 39.5 Å². The van der Waals surface area contributed by atoms with Gasteiger partial charge in [-0.05, 0) is 23.3 Å². The number of likely N-dealkylation sites (tertiary alicyclic amines) is 1. The molecule has 0 radical (unpaired) electrons. The Balaban J connectivity index is 1.33. The number of hydrogen-bond donors (Lipinski definition) is 6. The summed E-state index contributed by atoms with van der Waals surface area (Å²) in [6.07, 6.45) is -1.05. The second-order valence-corrected chi connectivity index (χ2v) is 14.1. The molecule has 4 aliphatic heterocycles. The first-order valence-electron chi connectivity index (χ1n) is 14.5. The second-order valence-electron chi connectivity index (χ2n) is 11.5. The highest BCUT2D eigenvalue weighted by Gasteiger charge is 2.74. The fraction of sp³-hybridized carbons (Fsp3) is 0.367. The Hall–Kier alpha value is -4.08. The number of nitrogens with zero attached hydrogens (tertiary/aromatic N) is 3. The van der Waals surface area contributed by atoms with Crippen LogP contribution in [0.2, 0.25) is 0 Å². The summed E-state index contributed by atoms with van der Waals surface area (Å²) in [5.41, 5.74) is -0.00728. The minimum absolute atomic E-state index is 0.0214. The van der Waals surface area contributed by atoms with Gasteiger partial charge in [0.2, 0.25) is 27.4 Å². The van der Waals surface area contributed by atoms with Gasteiger partial charge in [0.15, 0.2) is 5.66 Å². The van der Waals surface area contributed by atoms with E-state index >= 15 is 0 Å². The summed E-state index contributed by atoms with van der Waals surface area (Å²) in [7, 11) is 0. The van der Waals surface area contributed by atoms with E-state index < -0.39 is 63.8 Å². The molecule has 248 valence electrons. The van der Waals surface area contributed by atoms with Gasteiger partial charge in [-0.2, -0.15) is 0 Å². The number of imide groups is 1. The summed E-state index contributed by atoms with van der Waals surface area (Å²) in [5.74, 6) is -4.27. The van der Waals surface area contributed by atoms with Crippen LogP contribution in [0.4, 0.5) is 4.79 Å². The molecule has 0 aromatic heterocycles. The Morgan fingerprint density at radius 3 is 2.43 bits per heavy atom. The number of ether oxygens (including phenoxy) is 1. The van der Waals surface area contributed by atoms with E-state index in [0.29, 0.717) is 0 Å². The van der Waals surface area contributed by atoms with E-state index in [1.165, 1.54) is 4.90 Å². The smallest absolute Gasteiger partial charge is 0.414 e. The van der Waals surface area contributed by atoms with Crippen molar-refractivity contribution in [2.45, 2.75) is 46.2 Å². The van der Waals surface area contributed by atoms with Gasteiger partial charge in [0.05, 0.1) is 24.4 Å². The molecule has 0 aliphatic carbocycles. The molecule has 3 unspecified atom stereocenters. The molecule has 4 amide bonds. The van der Waals surface area contributed by atoms with E-state index in [0.717, 1.165) is 16.0 Å². The summed E-state index contributed by atoms with van der Waals surface area (Å²) in [4.78, 5) is 58.5. The Morgan fingerprint density at radius 2 is 1.74 bits per heavy atom. The zero-order valence-corrected chi connectivity index (χ0v) is 26.8. The largest absolute Gasteiger partial charge is 0.445 e. The molecule has 1 spiro atoms. The number of hydrogen-bond acceptors (Lipinski definition) is 11. The van der Waals surface area contributed by atoms with Crippen molar-refractivity contribution in [3.05, 3.63) is 72.6 Å². The number of nitrogens with one attached hydrogen (secondary N) is 4. The lowest BCUT2D eigenvalue weighted by molar-refractivity contribution is -0.231. The van der Waals surface area contributed by atoms with Gasteiger partial charge in [0.25, 0.3) is 5.91 Å². The number of aliphatic imine (C=N–C) groups is 1. The van der Waals surface area contributed by atoms with Crippen molar-refractivity contribution >= 4 is 64.6 Å². The molecule has 14 nitrogen and oxygen atoms in total. The van der Waals surface area contributed by atoms with Gasteiger partial charge in [-0.15, -0.1) is 0 Å². The van der Waals surface area contributed by atoms with Crippen LogP contribution in [0.15, 0.2) is 72.0 Å². The zero-order chi connectivity index (χ0) is 33.7. The number of carbonyl (C=O) groups is 4. The number of alkyl carbamates (subject to hydrolysis) is 1. The van der Waals surface area contributed by atoms with Gasteiger partial charge in [-0.3, -0.25) is 24.6 Å². The summed E-state index contributed by atoms with van der Waals surface area (Å²) in [5, 5.41) is 35.1. The molecule has 4 aliphatic rings. The summed E-state index contributed by atoms with van der Waals surface area (Å²) < 4.78 is 3.10. The molecule has 2 aromatic rings.